The number of carbonyl (C=O) groups is 1. The average molecular weight is 306 g/mol. The summed E-state index contributed by atoms with van der Waals surface area (Å²) in [6, 6.07) is 0. The van der Waals surface area contributed by atoms with Crippen molar-refractivity contribution in [3.8, 4) is 0 Å². The topological polar surface area (TPSA) is 87.0 Å². The smallest absolute Gasteiger partial charge is 0.324 e. The third-order valence-electron chi connectivity index (χ3n) is 4.24. The standard InChI is InChI=1S/C17H22O5/c1-3-4-5-6-7-8-12-9-10-13(18)15(20)17(12)14(19)11(2)22-16(17)21/h5-10,12-15,18-20H,2-4H2,1H3/b6-5+,8-7-. The van der Waals surface area contributed by atoms with Crippen LogP contribution in [-0.4, -0.2) is 39.6 Å². The van der Waals surface area contributed by atoms with E-state index in [9.17, 15) is 20.1 Å². The van der Waals surface area contributed by atoms with E-state index in [1.54, 1.807) is 18.2 Å². The molecule has 1 fully saturated rings. The molecule has 120 valence electrons. The molecule has 0 aromatic carbocycles. The van der Waals surface area contributed by atoms with Crippen molar-refractivity contribution in [1.29, 1.82) is 0 Å². The largest absolute Gasteiger partial charge is 0.428 e. The minimum Gasteiger partial charge on any atom is -0.428 e. The van der Waals surface area contributed by atoms with Gasteiger partial charge < -0.3 is 20.1 Å². The number of aliphatic hydroxyl groups is 3. The van der Waals surface area contributed by atoms with Crippen LogP contribution in [0.15, 0.2) is 48.8 Å². The van der Waals surface area contributed by atoms with Gasteiger partial charge >= 0.3 is 5.97 Å². The molecule has 3 N–H and O–H groups in total. The molecular weight excluding hydrogens is 284 g/mol. The third kappa shape index (κ3) is 2.56. The zero-order valence-electron chi connectivity index (χ0n) is 12.6. The average Bonchev–Trinajstić information content (AvgIpc) is 2.71. The Morgan fingerprint density at radius 1 is 1.32 bits per heavy atom. The minimum atomic E-state index is -1.65. The Hall–Kier alpha value is -1.69. The Morgan fingerprint density at radius 3 is 2.64 bits per heavy atom. The number of rotatable bonds is 4. The van der Waals surface area contributed by atoms with E-state index in [2.05, 4.69) is 13.5 Å². The zero-order chi connectivity index (χ0) is 16.3. The van der Waals surface area contributed by atoms with Crippen molar-refractivity contribution >= 4 is 5.97 Å². The summed E-state index contributed by atoms with van der Waals surface area (Å²) in [4.78, 5) is 12.3. The van der Waals surface area contributed by atoms with Gasteiger partial charge in [-0.2, -0.15) is 0 Å². The van der Waals surface area contributed by atoms with Crippen LogP contribution >= 0.6 is 0 Å². The summed E-state index contributed by atoms with van der Waals surface area (Å²) in [6.45, 7) is 5.57. The van der Waals surface area contributed by atoms with Gasteiger partial charge in [-0.25, -0.2) is 0 Å². The fraction of sp³-hybridized carbons (Fsp3) is 0.471. The molecule has 0 amide bonds. The minimum absolute atomic E-state index is 0.105. The van der Waals surface area contributed by atoms with Crippen molar-refractivity contribution in [1.82, 2.24) is 0 Å². The Balaban J connectivity index is 2.36. The van der Waals surface area contributed by atoms with Gasteiger partial charge in [0.2, 0.25) is 0 Å². The van der Waals surface area contributed by atoms with Crippen molar-refractivity contribution in [2.45, 2.75) is 38.1 Å². The number of unbranched alkanes of at least 4 members (excludes halogenated alkanes) is 1. The fourth-order valence-electron chi connectivity index (χ4n) is 2.97. The number of carbonyl (C=O) groups excluding carboxylic acids is 1. The first-order valence-corrected chi connectivity index (χ1v) is 7.43. The number of allylic oxidation sites excluding steroid dienone is 5. The van der Waals surface area contributed by atoms with E-state index in [0.29, 0.717) is 0 Å². The lowest BCUT2D eigenvalue weighted by Gasteiger charge is -2.41. The first-order valence-electron chi connectivity index (χ1n) is 7.43. The molecule has 5 heteroatoms. The van der Waals surface area contributed by atoms with Crippen LogP contribution in [0, 0.1) is 11.3 Å². The van der Waals surface area contributed by atoms with E-state index in [1.165, 1.54) is 6.08 Å². The van der Waals surface area contributed by atoms with Crippen molar-refractivity contribution in [2.75, 3.05) is 0 Å². The van der Waals surface area contributed by atoms with E-state index < -0.39 is 35.6 Å². The molecule has 1 saturated heterocycles. The van der Waals surface area contributed by atoms with Crippen LogP contribution in [0.25, 0.3) is 0 Å². The van der Waals surface area contributed by atoms with E-state index in [4.69, 9.17) is 4.74 Å². The predicted octanol–water partition coefficient (Wildman–Crippen LogP) is 1.22. The van der Waals surface area contributed by atoms with Gasteiger partial charge in [0.15, 0.2) is 0 Å². The normalized spacial score (nSPS) is 38.5. The van der Waals surface area contributed by atoms with E-state index >= 15 is 0 Å². The highest BCUT2D eigenvalue weighted by atomic mass is 16.6. The molecule has 0 bridgehead atoms. The maximum Gasteiger partial charge on any atom is 0.324 e. The molecule has 5 unspecified atom stereocenters. The monoisotopic (exact) mass is 306 g/mol. The van der Waals surface area contributed by atoms with E-state index in [-0.39, 0.29) is 5.76 Å². The van der Waals surface area contributed by atoms with Gasteiger partial charge in [-0.1, -0.05) is 56.4 Å². The zero-order valence-corrected chi connectivity index (χ0v) is 12.6. The van der Waals surface area contributed by atoms with Crippen LogP contribution in [0.2, 0.25) is 0 Å². The van der Waals surface area contributed by atoms with Crippen molar-refractivity contribution < 1.29 is 24.9 Å². The lowest BCUT2D eigenvalue weighted by Crippen LogP contribution is -2.57. The highest BCUT2D eigenvalue weighted by Gasteiger charge is 2.64. The lowest BCUT2D eigenvalue weighted by molar-refractivity contribution is -0.164. The van der Waals surface area contributed by atoms with Gasteiger partial charge in [0.05, 0.1) is 6.10 Å². The summed E-state index contributed by atoms with van der Waals surface area (Å²) in [5.41, 5.74) is -1.65. The molecule has 1 aliphatic carbocycles. The molecule has 1 aliphatic heterocycles. The molecule has 5 nitrogen and oxygen atoms in total. The number of esters is 1. The Labute approximate surface area is 129 Å². The van der Waals surface area contributed by atoms with Gasteiger partial charge in [0, 0.05) is 5.92 Å². The van der Waals surface area contributed by atoms with E-state index in [1.807, 2.05) is 12.2 Å². The number of ether oxygens (including phenoxy) is 1. The summed E-state index contributed by atoms with van der Waals surface area (Å²) in [7, 11) is 0. The second kappa shape index (κ2) is 6.60. The van der Waals surface area contributed by atoms with E-state index in [0.717, 1.165) is 12.8 Å². The first kappa shape index (κ1) is 16.7. The Kier molecular flexibility index (Phi) is 5.01. The van der Waals surface area contributed by atoms with Crippen LogP contribution in [0.5, 0.6) is 0 Å². The predicted molar refractivity (Wildman–Crippen MR) is 81.5 cm³/mol. The molecule has 0 aromatic heterocycles. The van der Waals surface area contributed by atoms with Crippen molar-refractivity contribution in [3.05, 3.63) is 48.8 Å². The molecule has 0 radical (unpaired) electrons. The van der Waals surface area contributed by atoms with Crippen LogP contribution in [-0.2, 0) is 9.53 Å². The highest BCUT2D eigenvalue weighted by Crippen LogP contribution is 2.49. The van der Waals surface area contributed by atoms with Crippen molar-refractivity contribution in [3.63, 3.8) is 0 Å². The lowest BCUT2D eigenvalue weighted by atomic mass is 9.63. The van der Waals surface area contributed by atoms with Gasteiger partial charge in [-0.3, -0.25) is 4.79 Å². The SMILES string of the molecule is C=C1OC(=O)C2(C(/C=C\C=C\CCC)C=CC(O)C2O)C1O. The van der Waals surface area contributed by atoms with Crippen LogP contribution in [0.3, 0.4) is 0 Å². The number of hydrogen-bond donors (Lipinski definition) is 3. The summed E-state index contributed by atoms with van der Waals surface area (Å²) in [5.74, 6) is -1.47. The summed E-state index contributed by atoms with van der Waals surface area (Å²) in [6.07, 6.45) is 8.23. The molecule has 0 aromatic rings. The summed E-state index contributed by atoms with van der Waals surface area (Å²) in [5, 5.41) is 30.5. The van der Waals surface area contributed by atoms with Crippen molar-refractivity contribution in [2.24, 2.45) is 11.3 Å². The van der Waals surface area contributed by atoms with Gasteiger partial charge in [-0.15, -0.1) is 0 Å². The summed E-state index contributed by atoms with van der Waals surface area (Å²) >= 11 is 0. The van der Waals surface area contributed by atoms with Crippen LogP contribution in [0.1, 0.15) is 19.8 Å². The van der Waals surface area contributed by atoms with Crippen LogP contribution in [0.4, 0.5) is 0 Å². The Morgan fingerprint density at radius 2 is 2.05 bits per heavy atom. The highest BCUT2D eigenvalue weighted by molar-refractivity contribution is 5.84. The number of aliphatic hydroxyl groups excluding tert-OH is 3. The molecule has 1 spiro atoms. The maximum atomic E-state index is 12.3. The third-order valence-corrected chi connectivity index (χ3v) is 4.24. The summed E-state index contributed by atoms with van der Waals surface area (Å²) < 4.78 is 4.92. The molecule has 22 heavy (non-hydrogen) atoms. The first-order chi connectivity index (χ1) is 10.5. The molecule has 1 heterocycles. The second-order valence-electron chi connectivity index (χ2n) is 5.64. The van der Waals surface area contributed by atoms with Crippen LogP contribution < -0.4 is 0 Å². The number of cyclic esters (lactones) is 1. The Bertz CT molecular complexity index is 533. The molecule has 2 aliphatic rings. The number of hydrogen-bond acceptors (Lipinski definition) is 5. The molecule has 5 atom stereocenters. The molecule has 0 saturated carbocycles. The fourth-order valence-corrected chi connectivity index (χ4v) is 2.97. The molecular formula is C17H22O5. The van der Waals surface area contributed by atoms with Gasteiger partial charge in [0.25, 0.3) is 0 Å². The second-order valence-corrected chi connectivity index (χ2v) is 5.64. The quantitative estimate of drug-likeness (QED) is 0.413. The maximum absolute atomic E-state index is 12.3. The molecule has 2 rings (SSSR count). The van der Waals surface area contributed by atoms with Gasteiger partial charge in [-0.05, 0) is 6.42 Å². The van der Waals surface area contributed by atoms with Gasteiger partial charge in [0.1, 0.15) is 23.4 Å².